The van der Waals surface area contributed by atoms with Gasteiger partial charge < -0.3 is 10.2 Å². The minimum Gasteiger partial charge on any atom is -0.396 e. The second-order valence-corrected chi connectivity index (χ2v) is 13.8. The third-order valence-corrected chi connectivity index (χ3v) is 12.3. The van der Waals surface area contributed by atoms with Crippen molar-refractivity contribution in [3.05, 3.63) is 0 Å². The lowest BCUT2D eigenvalue weighted by atomic mass is 9.42. The maximum atomic E-state index is 10.5. The summed E-state index contributed by atoms with van der Waals surface area (Å²) in [5.41, 5.74) is 0.872. The molecule has 4 aliphatic carbocycles. The first-order chi connectivity index (χ1) is 15.2. The molecule has 3 unspecified atom stereocenters. The van der Waals surface area contributed by atoms with Crippen molar-refractivity contribution in [1.82, 2.24) is 0 Å². The first-order valence-electron chi connectivity index (χ1n) is 14.4. The number of aliphatic hydroxyl groups is 2. The summed E-state index contributed by atoms with van der Waals surface area (Å²) in [6, 6.07) is 0. The van der Waals surface area contributed by atoms with E-state index in [1.54, 1.807) is 0 Å². The highest BCUT2D eigenvalue weighted by molar-refractivity contribution is 5.11. The molecule has 2 N–H and O–H groups in total. The number of fused-ring (bicyclic) bond motifs is 5. The highest BCUT2D eigenvalue weighted by Crippen LogP contribution is 2.69. The molecule has 4 saturated carbocycles. The van der Waals surface area contributed by atoms with E-state index in [9.17, 15) is 10.2 Å². The maximum absolute atomic E-state index is 10.5. The molecule has 0 radical (unpaired) electrons. The van der Waals surface area contributed by atoms with Crippen LogP contribution in [0.25, 0.3) is 0 Å². The van der Waals surface area contributed by atoms with Gasteiger partial charge in [0.15, 0.2) is 0 Å². The molecule has 0 heterocycles. The Hall–Kier alpha value is -0.0800. The lowest BCUT2D eigenvalue weighted by molar-refractivity contribution is -0.160. The minimum absolute atomic E-state index is 0.104. The Morgan fingerprint density at radius 2 is 1.56 bits per heavy atom. The largest absolute Gasteiger partial charge is 0.396 e. The Labute approximate surface area is 199 Å². The summed E-state index contributed by atoms with van der Waals surface area (Å²) in [6.45, 7) is 15.4. The van der Waals surface area contributed by atoms with E-state index < -0.39 is 0 Å². The van der Waals surface area contributed by atoms with Crippen molar-refractivity contribution in [3.8, 4) is 0 Å². The van der Waals surface area contributed by atoms with Crippen molar-refractivity contribution >= 4 is 0 Å². The second kappa shape index (κ2) is 9.52. The standard InChI is InChI=1S/C30H54O2/c1-7-21(19(2)3)9-8-20(4)25-10-11-26-28-22(18-31)16-23-17-24(32)12-14-29(23,5)27(28)13-15-30(25,26)6/h19-28,31-32H,7-18H2,1-6H3/t20-,21-,22?,23-,24-,25-,26?,27?,28+,29+,30-/m1/s1. The van der Waals surface area contributed by atoms with Crippen LogP contribution in [-0.4, -0.2) is 22.9 Å². The molecule has 0 saturated heterocycles. The maximum Gasteiger partial charge on any atom is 0.0543 e. The smallest absolute Gasteiger partial charge is 0.0543 e. The van der Waals surface area contributed by atoms with Crippen LogP contribution in [0, 0.1) is 64.1 Å². The molecule has 186 valence electrons. The average Bonchev–Trinajstić information content (AvgIpc) is 3.11. The van der Waals surface area contributed by atoms with E-state index in [0.29, 0.717) is 35.2 Å². The molecular weight excluding hydrogens is 392 g/mol. The summed E-state index contributed by atoms with van der Waals surface area (Å²) in [4.78, 5) is 0. The zero-order valence-electron chi connectivity index (χ0n) is 22.2. The van der Waals surface area contributed by atoms with E-state index in [-0.39, 0.29) is 6.10 Å². The molecule has 0 amide bonds. The van der Waals surface area contributed by atoms with E-state index in [0.717, 1.165) is 54.8 Å². The minimum atomic E-state index is -0.104. The molecule has 0 bridgehead atoms. The SMILES string of the molecule is CC[C@H](CC[C@@H](C)[C@H]1CCC2[C@@H]3C(CO)C[C@@H]4C[C@H](O)CC[C@]4(C)C3CC[C@@]21C)C(C)C. The quantitative estimate of drug-likeness (QED) is 0.430. The molecule has 32 heavy (non-hydrogen) atoms. The zero-order valence-corrected chi connectivity index (χ0v) is 22.2. The molecule has 4 rings (SSSR count). The van der Waals surface area contributed by atoms with Crippen LogP contribution in [0.3, 0.4) is 0 Å². The number of hydrogen-bond donors (Lipinski definition) is 2. The van der Waals surface area contributed by atoms with Gasteiger partial charge in [0.25, 0.3) is 0 Å². The van der Waals surface area contributed by atoms with E-state index in [4.69, 9.17) is 0 Å². The Kier molecular flexibility index (Phi) is 7.45. The number of hydrogen-bond acceptors (Lipinski definition) is 2. The van der Waals surface area contributed by atoms with Crippen LogP contribution in [0.15, 0.2) is 0 Å². The number of rotatable bonds is 7. The Bertz CT molecular complexity index is 630. The van der Waals surface area contributed by atoms with Gasteiger partial charge in [-0.15, -0.1) is 0 Å². The lowest BCUT2D eigenvalue weighted by Gasteiger charge is -2.63. The fraction of sp³-hybridized carbons (Fsp3) is 1.00. The molecule has 0 spiro atoms. The lowest BCUT2D eigenvalue weighted by Crippen LogP contribution is -2.57. The van der Waals surface area contributed by atoms with Gasteiger partial charge in [-0.3, -0.25) is 0 Å². The van der Waals surface area contributed by atoms with Gasteiger partial charge in [0, 0.05) is 6.61 Å². The molecule has 0 aromatic heterocycles. The summed E-state index contributed by atoms with van der Waals surface area (Å²) < 4.78 is 0. The van der Waals surface area contributed by atoms with Crippen LogP contribution < -0.4 is 0 Å². The number of aliphatic hydroxyl groups excluding tert-OH is 2. The van der Waals surface area contributed by atoms with Crippen molar-refractivity contribution in [2.75, 3.05) is 6.61 Å². The van der Waals surface area contributed by atoms with Crippen molar-refractivity contribution in [2.24, 2.45) is 64.1 Å². The van der Waals surface area contributed by atoms with Gasteiger partial charge in [0.05, 0.1) is 6.10 Å². The van der Waals surface area contributed by atoms with Crippen molar-refractivity contribution in [1.29, 1.82) is 0 Å². The third-order valence-electron chi connectivity index (χ3n) is 12.3. The third kappa shape index (κ3) is 4.12. The van der Waals surface area contributed by atoms with Crippen molar-refractivity contribution in [2.45, 2.75) is 118 Å². The van der Waals surface area contributed by atoms with Crippen molar-refractivity contribution in [3.63, 3.8) is 0 Å². The van der Waals surface area contributed by atoms with Crippen LogP contribution in [-0.2, 0) is 0 Å². The Morgan fingerprint density at radius 3 is 2.22 bits per heavy atom. The normalized spacial score (nSPS) is 48.1. The van der Waals surface area contributed by atoms with Crippen LogP contribution >= 0.6 is 0 Å². The molecule has 11 atom stereocenters. The molecular formula is C30H54O2. The monoisotopic (exact) mass is 446 g/mol. The molecule has 2 heteroatoms. The van der Waals surface area contributed by atoms with Gasteiger partial charge >= 0.3 is 0 Å². The first-order valence-corrected chi connectivity index (χ1v) is 14.4. The second-order valence-electron chi connectivity index (χ2n) is 13.8. The predicted molar refractivity (Wildman–Crippen MR) is 134 cm³/mol. The summed E-state index contributed by atoms with van der Waals surface area (Å²) in [5, 5.41) is 20.9. The topological polar surface area (TPSA) is 40.5 Å². The summed E-state index contributed by atoms with van der Waals surface area (Å²) >= 11 is 0. The highest BCUT2D eigenvalue weighted by atomic mass is 16.3. The molecule has 0 aliphatic heterocycles. The van der Waals surface area contributed by atoms with Crippen LogP contribution in [0.1, 0.15) is 112 Å². The van der Waals surface area contributed by atoms with E-state index in [1.807, 2.05) is 0 Å². The zero-order chi connectivity index (χ0) is 23.3. The molecule has 0 aromatic carbocycles. The molecule has 4 aliphatic rings. The van der Waals surface area contributed by atoms with Gasteiger partial charge in [0.1, 0.15) is 0 Å². The fourth-order valence-electron chi connectivity index (χ4n) is 10.3. The van der Waals surface area contributed by atoms with E-state index >= 15 is 0 Å². The summed E-state index contributed by atoms with van der Waals surface area (Å²) in [5.74, 6) is 6.77. The highest BCUT2D eigenvalue weighted by Gasteiger charge is 2.62. The van der Waals surface area contributed by atoms with E-state index in [1.165, 1.54) is 51.4 Å². The van der Waals surface area contributed by atoms with Gasteiger partial charge in [-0.05, 0) is 122 Å². The van der Waals surface area contributed by atoms with Gasteiger partial charge in [-0.2, -0.15) is 0 Å². The van der Waals surface area contributed by atoms with Crippen LogP contribution in [0.2, 0.25) is 0 Å². The summed E-state index contributed by atoms with van der Waals surface area (Å²) in [7, 11) is 0. The predicted octanol–water partition coefficient (Wildman–Crippen LogP) is 7.32. The molecule has 4 fully saturated rings. The van der Waals surface area contributed by atoms with Gasteiger partial charge in [0.2, 0.25) is 0 Å². The van der Waals surface area contributed by atoms with Crippen LogP contribution in [0.5, 0.6) is 0 Å². The molecule has 2 nitrogen and oxygen atoms in total. The first kappa shape index (κ1) is 25.0. The average molecular weight is 447 g/mol. The Balaban J connectivity index is 1.52. The van der Waals surface area contributed by atoms with Gasteiger partial charge in [-0.1, -0.05) is 54.4 Å². The van der Waals surface area contributed by atoms with Gasteiger partial charge in [-0.25, -0.2) is 0 Å². The van der Waals surface area contributed by atoms with E-state index in [2.05, 4.69) is 41.5 Å². The van der Waals surface area contributed by atoms with Crippen LogP contribution in [0.4, 0.5) is 0 Å². The fourth-order valence-corrected chi connectivity index (χ4v) is 10.3. The molecule has 0 aromatic rings. The summed E-state index contributed by atoms with van der Waals surface area (Å²) in [6.07, 6.45) is 13.9. The Morgan fingerprint density at radius 1 is 0.875 bits per heavy atom. The van der Waals surface area contributed by atoms with Crippen molar-refractivity contribution < 1.29 is 10.2 Å².